The maximum atomic E-state index is 5.01. The van der Waals surface area contributed by atoms with Gasteiger partial charge in [-0.15, -0.1) is 11.3 Å². The molecule has 2 N–H and O–H groups in total. The lowest BCUT2D eigenvalue weighted by Gasteiger charge is -2.06. The molecule has 0 bridgehead atoms. The molecular formula is C8H13N3S2. The van der Waals surface area contributed by atoms with Crippen LogP contribution in [0.4, 0.5) is 0 Å². The fraction of sp³-hybridized carbons (Fsp3) is 0.500. The van der Waals surface area contributed by atoms with E-state index in [9.17, 15) is 0 Å². The smallest absolute Gasteiger partial charge is 0.166 e. The molecule has 0 aliphatic rings. The van der Waals surface area contributed by atoms with Gasteiger partial charge >= 0.3 is 0 Å². The number of aryl methyl sites for hydroxylation is 1. The Morgan fingerprint density at radius 1 is 1.62 bits per heavy atom. The SMILES string of the molecule is CCNC(=S)NCc1csc(C)n1. The predicted octanol–water partition coefficient (Wildman–Crippen LogP) is 1.44. The van der Waals surface area contributed by atoms with Crippen LogP contribution in [-0.2, 0) is 6.54 Å². The van der Waals surface area contributed by atoms with Crippen molar-refractivity contribution in [2.45, 2.75) is 20.4 Å². The van der Waals surface area contributed by atoms with E-state index in [0.717, 1.165) is 17.2 Å². The van der Waals surface area contributed by atoms with Gasteiger partial charge in [0.05, 0.1) is 17.2 Å². The Labute approximate surface area is 87.6 Å². The van der Waals surface area contributed by atoms with Crippen LogP contribution in [-0.4, -0.2) is 16.6 Å². The van der Waals surface area contributed by atoms with Crippen LogP contribution in [0, 0.1) is 6.92 Å². The van der Waals surface area contributed by atoms with Crippen molar-refractivity contribution in [1.29, 1.82) is 0 Å². The Kier molecular flexibility index (Phi) is 4.11. The maximum Gasteiger partial charge on any atom is 0.166 e. The monoisotopic (exact) mass is 215 g/mol. The third kappa shape index (κ3) is 3.69. The zero-order valence-electron chi connectivity index (χ0n) is 7.76. The van der Waals surface area contributed by atoms with Gasteiger partial charge < -0.3 is 10.6 Å². The molecule has 72 valence electrons. The van der Waals surface area contributed by atoms with Gasteiger partial charge in [-0.1, -0.05) is 0 Å². The number of thiazole rings is 1. The van der Waals surface area contributed by atoms with Crippen molar-refractivity contribution < 1.29 is 0 Å². The molecule has 0 radical (unpaired) electrons. The van der Waals surface area contributed by atoms with Crippen LogP contribution in [0.5, 0.6) is 0 Å². The average Bonchev–Trinajstić information content (AvgIpc) is 2.49. The molecule has 5 heteroatoms. The van der Waals surface area contributed by atoms with Gasteiger partial charge in [0.2, 0.25) is 0 Å². The van der Waals surface area contributed by atoms with Gasteiger partial charge in [-0.3, -0.25) is 0 Å². The fourth-order valence-corrected chi connectivity index (χ4v) is 1.71. The first-order chi connectivity index (χ1) is 6.22. The number of aromatic nitrogens is 1. The number of nitrogens with one attached hydrogen (secondary N) is 2. The number of nitrogens with zero attached hydrogens (tertiary/aromatic N) is 1. The van der Waals surface area contributed by atoms with Crippen molar-refractivity contribution in [1.82, 2.24) is 15.6 Å². The summed E-state index contributed by atoms with van der Waals surface area (Å²) in [7, 11) is 0. The predicted molar refractivity (Wildman–Crippen MR) is 60.0 cm³/mol. The van der Waals surface area contributed by atoms with Crippen LogP contribution in [0.1, 0.15) is 17.6 Å². The summed E-state index contributed by atoms with van der Waals surface area (Å²) in [4.78, 5) is 4.31. The normalized spacial score (nSPS) is 9.69. The minimum absolute atomic E-state index is 0.688. The van der Waals surface area contributed by atoms with Gasteiger partial charge in [-0.25, -0.2) is 4.98 Å². The zero-order chi connectivity index (χ0) is 9.68. The minimum Gasteiger partial charge on any atom is -0.363 e. The molecule has 0 aromatic carbocycles. The van der Waals surface area contributed by atoms with Gasteiger partial charge in [0, 0.05) is 11.9 Å². The van der Waals surface area contributed by atoms with E-state index >= 15 is 0 Å². The molecule has 1 aromatic rings. The van der Waals surface area contributed by atoms with E-state index in [0.29, 0.717) is 11.7 Å². The summed E-state index contributed by atoms with van der Waals surface area (Å²) in [6, 6.07) is 0. The number of hydrogen-bond acceptors (Lipinski definition) is 3. The molecule has 13 heavy (non-hydrogen) atoms. The van der Waals surface area contributed by atoms with Crippen molar-refractivity contribution in [2.75, 3.05) is 6.54 Å². The molecule has 0 amide bonds. The van der Waals surface area contributed by atoms with Gasteiger partial charge in [-0.05, 0) is 26.1 Å². The van der Waals surface area contributed by atoms with E-state index < -0.39 is 0 Å². The molecule has 0 aliphatic heterocycles. The molecule has 1 rings (SSSR count). The van der Waals surface area contributed by atoms with Crippen molar-refractivity contribution in [3.05, 3.63) is 16.1 Å². The quantitative estimate of drug-likeness (QED) is 0.748. The summed E-state index contributed by atoms with van der Waals surface area (Å²) in [5.41, 5.74) is 1.04. The summed E-state index contributed by atoms with van der Waals surface area (Å²) < 4.78 is 0. The summed E-state index contributed by atoms with van der Waals surface area (Å²) in [6.07, 6.45) is 0. The molecule has 0 aliphatic carbocycles. The molecule has 0 atom stereocenters. The third-order valence-electron chi connectivity index (χ3n) is 1.43. The van der Waals surface area contributed by atoms with Crippen LogP contribution in [0.3, 0.4) is 0 Å². The van der Waals surface area contributed by atoms with Crippen molar-refractivity contribution in [2.24, 2.45) is 0 Å². The molecule has 0 spiro atoms. The highest BCUT2D eigenvalue weighted by atomic mass is 32.1. The molecule has 0 unspecified atom stereocenters. The van der Waals surface area contributed by atoms with Crippen LogP contribution < -0.4 is 10.6 Å². The first kappa shape index (κ1) is 10.4. The van der Waals surface area contributed by atoms with E-state index in [1.807, 2.05) is 19.2 Å². The first-order valence-corrected chi connectivity index (χ1v) is 5.44. The Morgan fingerprint density at radius 3 is 2.92 bits per heavy atom. The Bertz CT molecular complexity index is 283. The highest BCUT2D eigenvalue weighted by Crippen LogP contribution is 2.06. The van der Waals surface area contributed by atoms with E-state index in [1.54, 1.807) is 11.3 Å². The average molecular weight is 215 g/mol. The van der Waals surface area contributed by atoms with Gasteiger partial charge in [0.25, 0.3) is 0 Å². The van der Waals surface area contributed by atoms with Crippen LogP contribution in [0.2, 0.25) is 0 Å². The van der Waals surface area contributed by atoms with E-state index in [1.165, 1.54) is 0 Å². The third-order valence-corrected chi connectivity index (χ3v) is 2.54. The second-order valence-corrected chi connectivity index (χ2v) is 4.04. The van der Waals surface area contributed by atoms with E-state index in [4.69, 9.17) is 12.2 Å². The van der Waals surface area contributed by atoms with Gasteiger partial charge in [-0.2, -0.15) is 0 Å². The Balaban J connectivity index is 2.30. The van der Waals surface area contributed by atoms with Gasteiger partial charge in [0.1, 0.15) is 0 Å². The van der Waals surface area contributed by atoms with Crippen molar-refractivity contribution >= 4 is 28.7 Å². The van der Waals surface area contributed by atoms with Crippen LogP contribution >= 0.6 is 23.6 Å². The number of hydrogen-bond donors (Lipinski definition) is 2. The standard InChI is InChI=1S/C8H13N3S2/c1-3-9-8(12)10-4-7-5-13-6(2)11-7/h5H,3-4H2,1-2H3,(H2,9,10,12). The summed E-state index contributed by atoms with van der Waals surface area (Å²) in [5.74, 6) is 0. The molecule has 1 heterocycles. The summed E-state index contributed by atoms with van der Waals surface area (Å²) in [5, 5.41) is 9.91. The molecule has 0 fully saturated rings. The molecule has 0 saturated heterocycles. The lowest BCUT2D eigenvalue weighted by atomic mass is 10.5. The topological polar surface area (TPSA) is 37.0 Å². The lowest BCUT2D eigenvalue weighted by molar-refractivity contribution is 0.835. The van der Waals surface area contributed by atoms with Crippen molar-refractivity contribution in [3.8, 4) is 0 Å². The highest BCUT2D eigenvalue weighted by Gasteiger charge is 1.98. The van der Waals surface area contributed by atoms with Gasteiger partial charge in [0.15, 0.2) is 5.11 Å². The van der Waals surface area contributed by atoms with Crippen molar-refractivity contribution in [3.63, 3.8) is 0 Å². The largest absolute Gasteiger partial charge is 0.363 e. The molecule has 1 aromatic heterocycles. The van der Waals surface area contributed by atoms with Crippen LogP contribution in [0.25, 0.3) is 0 Å². The second kappa shape index (κ2) is 5.14. The second-order valence-electron chi connectivity index (χ2n) is 2.57. The fourth-order valence-electron chi connectivity index (χ4n) is 0.883. The maximum absolute atomic E-state index is 5.01. The summed E-state index contributed by atoms with van der Waals surface area (Å²) in [6.45, 7) is 5.57. The first-order valence-electron chi connectivity index (χ1n) is 4.15. The molecule has 3 nitrogen and oxygen atoms in total. The number of rotatable bonds is 3. The molecule has 0 saturated carbocycles. The number of thiocarbonyl (C=S) groups is 1. The van der Waals surface area contributed by atoms with E-state index in [-0.39, 0.29) is 0 Å². The van der Waals surface area contributed by atoms with Crippen LogP contribution in [0.15, 0.2) is 5.38 Å². The summed E-state index contributed by atoms with van der Waals surface area (Å²) >= 11 is 6.67. The molecular weight excluding hydrogens is 202 g/mol. The lowest BCUT2D eigenvalue weighted by Crippen LogP contribution is -2.34. The highest BCUT2D eigenvalue weighted by molar-refractivity contribution is 7.80. The zero-order valence-corrected chi connectivity index (χ0v) is 9.39. The Morgan fingerprint density at radius 2 is 2.38 bits per heavy atom. The Hall–Kier alpha value is -0.680. The minimum atomic E-state index is 0.688. The van der Waals surface area contributed by atoms with E-state index in [2.05, 4.69) is 15.6 Å².